The summed E-state index contributed by atoms with van der Waals surface area (Å²) in [5.41, 5.74) is 16.7. The van der Waals surface area contributed by atoms with Crippen molar-refractivity contribution in [3.8, 4) is 0 Å². The highest BCUT2D eigenvalue weighted by Gasteiger charge is 2.16. The van der Waals surface area contributed by atoms with E-state index in [1.165, 1.54) is 86.0 Å². The van der Waals surface area contributed by atoms with E-state index in [9.17, 15) is 0 Å². The first-order valence-corrected chi connectivity index (χ1v) is 17.2. The van der Waals surface area contributed by atoms with E-state index in [-0.39, 0.29) is 0 Å². The van der Waals surface area contributed by atoms with Crippen LogP contribution in [0.1, 0.15) is 98.9 Å². The van der Waals surface area contributed by atoms with Gasteiger partial charge in [0.1, 0.15) is 0 Å². The maximum atomic E-state index is 2.47. The molecule has 46 heavy (non-hydrogen) atoms. The van der Waals surface area contributed by atoms with E-state index >= 15 is 0 Å². The molecule has 0 unspecified atom stereocenters. The molecule has 7 rings (SSSR count). The molecule has 1 aliphatic carbocycles. The summed E-state index contributed by atoms with van der Waals surface area (Å²) in [4.78, 5) is 0. The van der Waals surface area contributed by atoms with Crippen molar-refractivity contribution in [2.75, 3.05) is 0 Å². The smallest absolute Gasteiger partial charge is 0.00895 e. The molecule has 0 aliphatic heterocycles. The van der Waals surface area contributed by atoms with Gasteiger partial charge < -0.3 is 0 Å². The van der Waals surface area contributed by atoms with Crippen LogP contribution < -0.4 is 0 Å². The molecule has 12 bridgehead atoms. The number of benzene rings is 6. The van der Waals surface area contributed by atoms with E-state index in [4.69, 9.17) is 0 Å². The highest BCUT2D eigenvalue weighted by molar-refractivity contribution is 5.42. The Morgan fingerprint density at radius 3 is 0.913 bits per heavy atom. The van der Waals surface area contributed by atoms with Crippen LogP contribution in [0.25, 0.3) is 0 Å². The van der Waals surface area contributed by atoms with Crippen molar-refractivity contribution in [1.82, 2.24) is 0 Å². The minimum atomic E-state index is 0.405. The Bertz CT molecular complexity index is 1790. The van der Waals surface area contributed by atoms with Crippen LogP contribution in [0.15, 0.2) is 146 Å². The van der Waals surface area contributed by atoms with E-state index in [1.807, 2.05) is 0 Å². The maximum Gasteiger partial charge on any atom is 0.00895 e. The van der Waals surface area contributed by atoms with Gasteiger partial charge in [-0.3, -0.25) is 0 Å². The Labute approximate surface area is 275 Å². The second kappa shape index (κ2) is 14.2. The fourth-order valence-corrected chi connectivity index (χ4v) is 7.35. The summed E-state index contributed by atoms with van der Waals surface area (Å²) >= 11 is 0. The monoisotopic (exact) mass is 596 g/mol. The quantitative estimate of drug-likeness (QED) is 0.191. The molecule has 0 amide bonds. The number of rotatable bonds is 3. The molecule has 0 nitrogen and oxygen atoms in total. The molecular weight excluding hydrogens is 553 g/mol. The van der Waals surface area contributed by atoms with Crippen molar-refractivity contribution in [2.45, 2.75) is 64.2 Å². The molecule has 0 spiro atoms. The fraction of sp³-hybridized carbons (Fsp3) is 0.217. The van der Waals surface area contributed by atoms with Gasteiger partial charge in [-0.2, -0.15) is 0 Å². The van der Waals surface area contributed by atoms with Gasteiger partial charge in [0.05, 0.1) is 0 Å². The van der Waals surface area contributed by atoms with Gasteiger partial charge in [0.25, 0.3) is 0 Å². The van der Waals surface area contributed by atoms with Crippen LogP contribution in [0.4, 0.5) is 0 Å². The zero-order valence-electron chi connectivity index (χ0n) is 27.1. The van der Waals surface area contributed by atoms with E-state index in [1.54, 1.807) is 0 Å². The van der Waals surface area contributed by atoms with Crippen LogP contribution in [0.5, 0.6) is 0 Å². The third-order valence-corrected chi connectivity index (χ3v) is 9.56. The van der Waals surface area contributed by atoms with Crippen molar-refractivity contribution in [2.24, 2.45) is 0 Å². The molecule has 0 saturated carbocycles. The van der Waals surface area contributed by atoms with Gasteiger partial charge >= 0.3 is 0 Å². The lowest BCUT2D eigenvalue weighted by molar-refractivity contribution is 0.649. The Hall–Kier alpha value is -4.68. The average Bonchev–Trinajstić information content (AvgIpc) is 3.06. The highest BCUT2D eigenvalue weighted by atomic mass is 14.2. The van der Waals surface area contributed by atoms with Crippen LogP contribution in [0, 0.1) is 0 Å². The van der Waals surface area contributed by atoms with Crippen LogP contribution in [0.2, 0.25) is 0 Å². The molecular formula is C46H44. The van der Waals surface area contributed by atoms with Gasteiger partial charge in [-0.25, -0.2) is 0 Å². The van der Waals surface area contributed by atoms with Crippen molar-refractivity contribution >= 4 is 0 Å². The summed E-state index contributed by atoms with van der Waals surface area (Å²) in [5, 5.41) is 0. The van der Waals surface area contributed by atoms with Crippen LogP contribution in [0.3, 0.4) is 0 Å². The second-order valence-corrected chi connectivity index (χ2v) is 13.3. The summed E-state index contributed by atoms with van der Waals surface area (Å²) < 4.78 is 0. The molecule has 0 fully saturated rings. The minimum absolute atomic E-state index is 0.405. The molecule has 0 atom stereocenters. The molecule has 0 saturated heterocycles. The van der Waals surface area contributed by atoms with E-state index in [2.05, 4.69) is 153 Å². The topological polar surface area (TPSA) is 0 Å². The van der Waals surface area contributed by atoms with Crippen LogP contribution in [-0.4, -0.2) is 0 Å². The standard InChI is InChI=1S/C46H44/c1-2-3-22-46-44-20-8-18-42(32-44)30-40-16-6-14-38(28-40)26-36-12-4-10-34(24-36)23-35-11-5-13-37(25-35)27-39-15-7-17-41(29-39)31-43-19-9-21-45(46)33-43/h4-21,24-25,28-29,32-33,46H,2-3,22-23,26-27,30-31H2,1H3. The van der Waals surface area contributed by atoms with E-state index in [0.29, 0.717) is 5.92 Å². The van der Waals surface area contributed by atoms with Crippen LogP contribution in [-0.2, 0) is 32.1 Å². The molecule has 6 aromatic carbocycles. The molecule has 0 radical (unpaired) electrons. The summed E-state index contributed by atoms with van der Waals surface area (Å²) in [7, 11) is 0. The lowest BCUT2D eigenvalue weighted by atomic mass is 9.84. The minimum Gasteiger partial charge on any atom is -0.0654 e. The Balaban J connectivity index is 1.28. The summed E-state index contributed by atoms with van der Waals surface area (Å²) in [6.45, 7) is 2.30. The molecule has 0 aromatic heterocycles. The number of fused-ring (bicyclic) bond motifs is 12. The predicted molar refractivity (Wildman–Crippen MR) is 194 cm³/mol. The molecule has 0 heteroatoms. The Morgan fingerprint density at radius 1 is 0.370 bits per heavy atom. The van der Waals surface area contributed by atoms with Gasteiger partial charge in [0, 0.05) is 5.92 Å². The fourth-order valence-electron chi connectivity index (χ4n) is 7.35. The molecule has 0 heterocycles. The van der Waals surface area contributed by atoms with Gasteiger partial charge in [0.15, 0.2) is 0 Å². The van der Waals surface area contributed by atoms with E-state index < -0.39 is 0 Å². The summed E-state index contributed by atoms with van der Waals surface area (Å²) in [6.07, 6.45) is 8.37. The van der Waals surface area contributed by atoms with Crippen molar-refractivity contribution < 1.29 is 0 Å². The SMILES string of the molecule is CCCCC1c2cccc(c2)Cc2cccc(c2)Cc2cccc(c2)Cc2cccc(c2)Cc2cccc(c2)Cc2cccc1c2. The Morgan fingerprint density at radius 2 is 0.630 bits per heavy atom. The first-order chi connectivity index (χ1) is 22.7. The van der Waals surface area contributed by atoms with Gasteiger partial charge in [-0.05, 0) is 105 Å². The first-order valence-electron chi connectivity index (χ1n) is 17.2. The zero-order chi connectivity index (χ0) is 31.1. The molecule has 1 aliphatic rings. The third kappa shape index (κ3) is 7.57. The molecule has 6 aromatic rings. The first kappa shape index (κ1) is 30.0. The van der Waals surface area contributed by atoms with Gasteiger partial charge in [-0.15, -0.1) is 0 Å². The molecule has 0 N–H and O–H groups in total. The lowest BCUT2D eigenvalue weighted by Crippen LogP contribution is -2.04. The van der Waals surface area contributed by atoms with Crippen molar-refractivity contribution in [3.63, 3.8) is 0 Å². The maximum absolute atomic E-state index is 2.47. The van der Waals surface area contributed by atoms with Crippen LogP contribution >= 0.6 is 0 Å². The van der Waals surface area contributed by atoms with Crippen molar-refractivity contribution in [1.29, 1.82) is 0 Å². The largest absolute Gasteiger partial charge is 0.0654 e. The Kier molecular flexibility index (Phi) is 9.24. The highest BCUT2D eigenvalue weighted by Crippen LogP contribution is 2.32. The third-order valence-electron chi connectivity index (χ3n) is 9.56. The number of hydrogen-bond acceptors (Lipinski definition) is 0. The summed E-state index contributed by atoms with van der Waals surface area (Å²) in [6, 6.07) is 55.6. The van der Waals surface area contributed by atoms with Gasteiger partial charge in [-0.1, -0.05) is 165 Å². The number of unbranched alkanes of at least 4 members (excludes halogenated alkanes) is 1. The molecule has 228 valence electrons. The van der Waals surface area contributed by atoms with Gasteiger partial charge in [0.2, 0.25) is 0 Å². The number of hydrogen-bond donors (Lipinski definition) is 0. The average molecular weight is 597 g/mol. The predicted octanol–water partition coefficient (Wildman–Crippen LogP) is 11.3. The normalized spacial score (nSPS) is 13.5. The summed E-state index contributed by atoms with van der Waals surface area (Å²) in [5.74, 6) is 0.405. The van der Waals surface area contributed by atoms with E-state index in [0.717, 1.165) is 32.1 Å². The van der Waals surface area contributed by atoms with Crippen molar-refractivity contribution in [3.05, 3.63) is 212 Å². The lowest BCUT2D eigenvalue weighted by Gasteiger charge is -2.20. The zero-order valence-corrected chi connectivity index (χ0v) is 27.1. The second-order valence-electron chi connectivity index (χ2n) is 13.3.